The van der Waals surface area contributed by atoms with Crippen LogP contribution in [0.25, 0.3) is 0 Å². The van der Waals surface area contributed by atoms with Gasteiger partial charge in [-0.3, -0.25) is 4.79 Å². The lowest BCUT2D eigenvalue weighted by Crippen LogP contribution is -2.44. The molecule has 1 aromatic rings. The van der Waals surface area contributed by atoms with Gasteiger partial charge in [0.05, 0.1) is 4.90 Å². The minimum absolute atomic E-state index is 0.196. The average molecular weight is 318 g/mol. The Kier molecular flexibility index (Phi) is 6.01. The number of halogens is 2. The molecular weight excluding hydrogens is 298 g/mol. The minimum atomic E-state index is -4.24. The van der Waals surface area contributed by atoms with Crippen LogP contribution < -0.4 is 0 Å². The van der Waals surface area contributed by atoms with Crippen LogP contribution in [0.1, 0.15) is 39.5 Å². The molecule has 1 unspecified atom stereocenters. The number of carbonyl (C=O) groups excluding carboxylic acids is 1. The maximum Gasteiger partial charge on any atom is 0.321 e. The normalized spacial score (nSPS) is 13.9. The fraction of sp³-hybridized carbons (Fsp3) is 0.533. The zero-order valence-corrected chi connectivity index (χ0v) is 13.0. The zero-order chi connectivity index (χ0) is 16.1. The minimum Gasteiger partial charge on any atom is -0.293 e. The average Bonchev–Trinajstić information content (AvgIpc) is 2.47. The van der Waals surface area contributed by atoms with Gasteiger partial charge < -0.3 is 0 Å². The van der Waals surface area contributed by atoms with Gasteiger partial charge in [0.2, 0.25) is 5.78 Å². The summed E-state index contributed by atoms with van der Waals surface area (Å²) in [5.74, 6) is -5.18. The van der Waals surface area contributed by atoms with Gasteiger partial charge in [0.1, 0.15) is 5.25 Å². The van der Waals surface area contributed by atoms with Crippen molar-refractivity contribution in [3.8, 4) is 0 Å². The number of alkyl halides is 2. The monoisotopic (exact) mass is 318 g/mol. The molecule has 1 aromatic carbocycles. The van der Waals surface area contributed by atoms with Gasteiger partial charge in [0.25, 0.3) is 0 Å². The molecule has 0 fully saturated rings. The van der Waals surface area contributed by atoms with Gasteiger partial charge in [-0.1, -0.05) is 38.0 Å². The lowest BCUT2D eigenvalue weighted by Gasteiger charge is -2.22. The van der Waals surface area contributed by atoms with Crippen LogP contribution >= 0.6 is 0 Å². The molecular formula is C15H20F2O3S. The van der Waals surface area contributed by atoms with Gasteiger partial charge in [-0.05, 0) is 25.5 Å². The number of sulfone groups is 1. The van der Waals surface area contributed by atoms with Gasteiger partial charge in [0, 0.05) is 6.42 Å². The van der Waals surface area contributed by atoms with E-state index < -0.39 is 26.8 Å². The molecule has 21 heavy (non-hydrogen) atoms. The Morgan fingerprint density at radius 2 is 1.76 bits per heavy atom. The fourth-order valence-electron chi connectivity index (χ4n) is 1.94. The van der Waals surface area contributed by atoms with Gasteiger partial charge in [0.15, 0.2) is 9.84 Å². The highest BCUT2D eigenvalue weighted by molar-refractivity contribution is 7.92. The number of carbonyl (C=O) groups is 1. The van der Waals surface area contributed by atoms with E-state index in [0.29, 0.717) is 12.8 Å². The number of ketones is 1. The van der Waals surface area contributed by atoms with Crippen molar-refractivity contribution in [2.45, 2.75) is 55.6 Å². The summed E-state index contributed by atoms with van der Waals surface area (Å²) in [6, 6.07) is 7.02. The lowest BCUT2D eigenvalue weighted by atomic mass is 10.1. The standard InChI is InChI=1S/C15H20F2O3S/c1-3-4-6-11-14(18)15(16,17)12(2)21(19,20)13-9-7-5-8-10-13/h5,7-10,12H,3-4,6,11H2,1-2H3. The molecule has 0 radical (unpaired) electrons. The molecule has 118 valence electrons. The Balaban J connectivity index is 2.94. The van der Waals surface area contributed by atoms with Gasteiger partial charge >= 0.3 is 5.92 Å². The van der Waals surface area contributed by atoms with Crippen LogP contribution in [0.2, 0.25) is 0 Å². The summed E-state index contributed by atoms with van der Waals surface area (Å²) in [6.07, 6.45) is 1.52. The molecule has 1 rings (SSSR count). The third-order valence-electron chi connectivity index (χ3n) is 3.43. The number of unbranched alkanes of at least 4 members (excludes halogenated alkanes) is 2. The maximum atomic E-state index is 14.1. The van der Waals surface area contributed by atoms with E-state index in [1.165, 1.54) is 24.3 Å². The molecule has 0 N–H and O–H groups in total. The Bertz CT molecular complexity index is 568. The van der Waals surface area contributed by atoms with Crippen LogP contribution in [0.15, 0.2) is 35.2 Å². The van der Waals surface area contributed by atoms with E-state index in [-0.39, 0.29) is 11.3 Å². The second-order valence-electron chi connectivity index (χ2n) is 5.00. The molecule has 0 heterocycles. The molecule has 0 bridgehead atoms. The Hall–Kier alpha value is -1.30. The van der Waals surface area contributed by atoms with Crippen molar-refractivity contribution in [1.29, 1.82) is 0 Å². The van der Waals surface area contributed by atoms with Crippen LogP contribution in [-0.2, 0) is 14.6 Å². The summed E-state index contributed by atoms with van der Waals surface area (Å²) < 4.78 is 52.5. The summed E-state index contributed by atoms with van der Waals surface area (Å²) in [7, 11) is -4.24. The molecule has 0 aliphatic heterocycles. The van der Waals surface area contributed by atoms with E-state index in [9.17, 15) is 22.0 Å². The van der Waals surface area contributed by atoms with E-state index in [1.807, 2.05) is 6.92 Å². The summed E-state index contributed by atoms with van der Waals surface area (Å²) in [4.78, 5) is 11.4. The van der Waals surface area contributed by atoms with Crippen LogP contribution in [0, 0.1) is 0 Å². The van der Waals surface area contributed by atoms with E-state index in [4.69, 9.17) is 0 Å². The second-order valence-corrected chi connectivity index (χ2v) is 7.27. The summed E-state index contributed by atoms with van der Waals surface area (Å²) >= 11 is 0. The van der Waals surface area contributed by atoms with Crippen molar-refractivity contribution in [2.75, 3.05) is 0 Å². The van der Waals surface area contributed by atoms with Crippen LogP contribution in [0.5, 0.6) is 0 Å². The van der Waals surface area contributed by atoms with Crippen molar-refractivity contribution in [1.82, 2.24) is 0 Å². The first kappa shape index (κ1) is 17.8. The van der Waals surface area contributed by atoms with Crippen LogP contribution in [0.3, 0.4) is 0 Å². The highest BCUT2D eigenvalue weighted by Gasteiger charge is 2.50. The second kappa shape index (κ2) is 7.11. The fourth-order valence-corrected chi connectivity index (χ4v) is 3.40. The third kappa shape index (κ3) is 4.09. The first-order chi connectivity index (χ1) is 9.74. The van der Waals surface area contributed by atoms with E-state index in [2.05, 4.69) is 0 Å². The topological polar surface area (TPSA) is 51.2 Å². The van der Waals surface area contributed by atoms with Crippen LogP contribution in [-0.4, -0.2) is 25.4 Å². The molecule has 1 atom stereocenters. The largest absolute Gasteiger partial charge is 0.321 e. The molecule has 0 aliphatic rings. The van der Waals surface area contributed by atoms with Crippen molar-refractivity contribution in [3.05, 3.63) is 30.3 Å². The Morgan fingerprint density at radius 3 is 2.29 bits per heavy atom. The van der Waals surface area contributed by atoms with Crippen molar-refractivity contribution >= 4 is 15.6 Å². The van der Waals surface area contributed by atoms with Gasteiger partial charge in [-0.2, -0.15) is 8.78 Å². The SMILES string of the molecule is CCCCCC(=O)C(F)(F)C(C)S(=O)(=O)c1ccccc1. The van der Waals surface area contributed by atoms with Crippen molar-refractivity contribution in [2.24, 2.45) is 0 Å². The van der Waals surface area contributed by atoms with E-state index >= 15 is 0 Å². The third-order valence-corrected chi connectivity index (χ3v) is 5.58. The molecule has 0 saturated heterocycles. The Labute approximate surface area is 124 Å². The molecule has 3 nitrogen and oxygen atoms in total. The number of Topliss-reactive ketones (excluding diaryl/α,β-unsaturated/α-hetero) is 1. The summed E-state index contributed by atoms with van der Waals surface area (Å²) in [5.41, 5.74) is 0. The number of rotatable bonds is 8. The maximum absolute atomic E-state index is 14.1. The van der Waals surface area contributed by atoms with Crippen LogP contribution in [0.4, 0.5) is 8.78 Å². The molecule has 6 heteroatoms. The molecule has 0 amide bonds. The van der Waals surface area contributed by atoms with Gasteiger partial charge in [-0.15, -0.1) is 0 Å². The lowest BCUT2D eigenvalue weighted by molar-refractivity contribution is -0.142. The van der Waals surface area contributed by atoms with E-state index in [1.54, 1.807) is 6.07 Å². The summed E-state index contributed by atoms with van der Waals surface area (Å²) in [5, 5.41) is -2.07. The van der Waals surface area contributed by atoms with Gasteiger partial charge in [-0.25, -0.2) is 8.42 Å². The molecule has 0 saturated carbocycles. The highest BCUT2D eigenvalue weighted by atomic mass is 32.2. The van der Waals surface area contributed by atoms with Crippen molar-refractivity contribution in [3.63, 3.8) is 0 Å². The summed E-state index contributed by atoms with van der Waals surface area (Å²) in [6.45, 7) is 2.78. The highest BCUT2D eigenvalue weighted by Crippen LogP contribution is 2.31. The Morgan fingerprint density at radius 1 is 1.19 bits per heavy atom. The molecule has 0 aromatic heterocycles. The predicted molar refractivity (Wildman–Crippen MR) is 77.2 cm³/mol. The zero-order valence-electron chi connectivity index (χ0n) is 12.2. The molecule has 0 aliphatic carbocycles. The van der Waals surface area contributed by atoms with E-state index in [0.717, 1.165) is 13.3 Å². The first-order valence-corrected chi connectivity index (χ1v) is 8.49. The molecule has 0 spiro atoms. The number of benzene rings is 1. The van der Waals surface area contributed by atoms with Crippen molar-refractivity contribution < 1.29 is 22.0 Å². The smallest absolute Gasteiger partial charge is 0.293 e. The quantitative estimate of drug-likeness (QED) is 0.688. The number of hydrogen-bond acceptors (Lipinski definition) is 3. The first-order valence-electron chi connectivity index (χ1n) is 6.94. The predicted octanol–water partition coefficient (Wildman–Crippen LogP) is 3.63. The number of hydrogen-bond donors (Lipinski definition) is 0.